The van der Waals surface area contributed by atoms with Crippen LogP contribution in [0.2, 0.25) is 0 Å². The summed E-state index contributed by atoms with van der Waals surface area (Å²) in [6.45, 7) is 0.562. The summed E-state index contributed by atoms with van der Waals surface area (Å²) in [6.07, 6.45) is 0.596. The summed E-state index contributed by atoms with van der Waals surface area (Å²) in [5.41, 5.74) is 2.01. The van der Waals surface area contributed by atoms with Gasteiger partial charge in [0.25, 0.3) is 11.8 Å². The average molecular weight is 474 g/mol. The van der Waals surface area contributed by atoms with Gasteiger partial charge in [0.2, 0.25) is 10.0 Å². The van der Waals surface area contributed by atoms with E-state index in [4.69, 9.17) is 0 Å². The summed E-state index contributed by atoms with van der Waals surface area (Å²) >= 11 is 1.00. The number of hydrogen-bond donors (Lipinski definition) is 2. The highest BCUT2D eigenvalue weighted by atomic mass is 32.2. The Labute approximate surface area is 188 Å². The predicted molar refractivity (Wildman–Crippen MR) is 120 cm³/mol. The van der Waals surface area contributed by atoms with Gasteiger partial charge in [-0.2, -0.15) is 4.31 Å². The standard InChI is InChI=1S/C22H20FN3O4S2/c1-24-21(27)17-12-16(6-7-18(17)23)25-22(28)20-19(9-11-31-20)32(29,30)26-10-8-14-4-2-3-5-15(14)13-26/h2-7,9,11-12H,8,10,13H2,1H3,(H,24,27)(H,25,28). The van der Waals surface area contributed by atoms with Gasteiger partial charge in [0.05, 0.1) is 5.56 Å². The fraction of sp³-hybridized carbons (Fsp3) is 0.182. The van der Waals surface area contributed by atoms with Gasteiger partial charge in [-0.1, -0.05) is 24.3 Å². The van der Waals surface area contributed by atoms with Crippen molar-refractivity contribution in [2.75, 3.05) is 18.9 Å². The molecular formula is C22H20FN3O4S2. The lowest BCUT2D eigenvalue weighted by Gasteiger charge is -2.28. The molecule has 1 aromatic heterocycles. The van der Waals surface area contributed by atoms with Crippen LogP contribution in [0.25, 0.3) is 0 Å². The Kier molecular flexibility index (Phi) is 6.09. The molecular weight excluding hydrogens is 453 g/mol. The highest BCUT2D eigenvalue weighted by Crippen LogP contribution is 2.30. The Morgan fingerprint density at radius 1 is 1.06 bits per heavy atom. The first kappa shape index (κ1) is 22.1. The molecule has 0 fully saturated rings. The molecule has 166 valence electrons. The molecule has 4 rings (SSSR count). The highest BCUT2D eigenvalue weighted by Gasteiger charge is 2.32. The quantitative estimate of drug-likeness (QED) is 0.595. The van der Waals surface area contributed by atoms with Crippen molar-refractivity contribution in [2.45, 2.75) is 17.9 Å². The number of nitrogens with one attached hydrogen (secondary N) is 2. The molecule has 2 amide bonds. The van der Waals surface area contributed by atoms with Crippen LogP contribution in [-0.2, 0) is 23.0 Å². The number of halogens is 1. The molecule has 3 aromatic rings. The molecule has 2 aromatic carbocycles. The maximum absolute atomic E-state index is 13.9. The molecule has 0 spiro atoms. The van der Waals surface area contributed by atoms with Gasteiger partial charge in [-0.05, 0) is 47.2 Å². The van der Waals surface area contributed by atoms with Gasteiger partial charge in [-0.15, -0.1) is 11.3 Å². The molecule has 2 heterocycles. The number of hydrogen-bond acceptors (Lipinski definition) is 5. The van der Waals surface area contributed by atoms with Crippen LogP contribution in [0.15, 0.2) is 58.8 Å². The fourth-order valence-corrected chi connectivity index (χ4v) is 6.29. The number of benzene rings is 2. The summed E-state index contributed by atoms with van der Waals surface area (Å²) in [5, 5.41) is 6.43. The number of carbonyl (C=O) groups is 2. The second-order valence-electron chi connectivity index (χ2n) is 7.20. The number of carbonyl (C=O) groups excluding carboxylic acids is 2. The Morgan fingerprint density at radius 2 is 1.81 bits per heavy atom. The van der Waals surface area contributed by atoms with Crippen LogP contribution in [0, 0.1) is 5.82 Å². The molecule has 1 aliphatic rings. The first-order chi connectivity index (χ1) is 15.3. The Balaban J connectivity index is 1.59. The maximum atomic E-state index is 13.9. The molecule has 32 heavy (non-hydrogen) atoms. The van der Waals surface area contributed by atoms with Gasteiger partial charge >= 0.3 is 0 Å². The largest absolute Gasteiger partial charge is 0.355 e. The third kappa shape index (κ3) is 4.16. The number of nitrogens with zero attached hydrogens (tertiary/aromatic N) is 1. The van der Waals surface area contributed by atoms with Gasteiger partial charge in [-0.3, -0.25) is 9.59 Å². The minimum atomic E-state index is -3.90. The number of thiophene rings is 1. The van der Waals surface area contributed by atoms with E-state index in [0.717, 1.165) is 28.5 Å². The zero-order valence-corrected chi connectivity index (χ0v) is 18.7. The lowest BCUT2D eigenvalue weighted by molar-refractivity contribution is 0.0957. The van der Waals surface area contributed by atoms with Gasteiger partial charge in [0, 0.05) is 25.8 Å². The fourth-order valence-electron chi connectivity index (χ4n) is 3.58. The third-order valence-electron chi connectivity index (χ3n) is 5.24. The molecule has 2 N–H and O–H groups in total. The van der Waals surface area contributed by atoms with Crippen LogP contribution < -0.4 is 10.6 Å². The predicted octanol–water partition coefficient (Wildman–Crippen LogP) is 3.25. The zero-order chi connectivity index (χ0) is 22.9. The monoisotopic (exact) mass is 473 g/mol. The van der Waals surface area contributed by atoms with E-state index >= 15 is 0 Å². The highest BCUT2D eigenvalue weighted by molar-refractivity contribution is 7.89. The van der Waals surface area contributed by atoms with Crippen LogP contribution in [0.4, 0.5) is 10.1 Å². The summed E-state index contributed by atoms with van der Waals surface area (Å²) in [6, 6.07) is 12.7. The van der Waals surface area contributed by atoms with Crippen LogP contribution in [0.1, 0.15) is 31.2 Å². The molecule has 10 heteroatoms. The Hall–Kier alpha value is -3.08. The minimum Gasteiger partial charge on any atom is -0.355 e. The topological polar surface area (TPSA) is 95.6 Å². The van der Waals surface area contributed by atoms with Crippen molar-refractivity contribution in [3.05, 3.63) is 81.3 Å². The first-order valence-electron chi connectivity index (χ1n) is 9.78. The van der Waals surface area contributed by atoms with E-state index in [9.17, 15) is 22.4 Å². The maximum Gasteiger partial charge on any atom is 0.267 e. The first-order valence-corrected chi connectivity index (χ1v) is 12.1. The molecule has 0 saturated heterocycles. The normalized spacial score (nSPS) is 13.9. The van der Waals surface area contributed by atoms with Gasteiger partial charge in [0.15, 0.2) is 0 Å². The molecule has 0 saturated carbocycles. The number of amides is 2. The van der Waals surface area contributed by atoms with Crippen LogP contribution >= 0.6 is 11.3 Å². The van der Waals surface area contributed by atoms with Gasteiger partial charge in [-0.25, -0.2) is 12.8 Å². The van der Waals surface area contributed by atoms with E-state index in [1.165, 1.54) is 29.6 Å². The SMILES string of the molecule is CNC(=O)c1cc(NC(=O)c2sccc2S(=O)(=O)N2CCc3ccccc3C2)ccc1F. The molecule has 1 aliphatic heterocycles. The van der Waals surface area contributed by atoms with Crippen molar-refractivity contribution in [1.82, 2.24) is 9.62 Å². The van der Waals surface area contributed by atoms with E-state index in [2.05, 4.69) is 10.6 Å². The van der Waals surface area contributed by atoms with Crippen molar-refractivity contribution >= 4 is 38.9 Å². The molecule has 0 atom stereocenters. The lowest BCUT2D eigenvalue weighted by Crippen LogP contribution is -2.36. The summed E-state index contributed by atoms with van der Waals surface area (Å²) in [5.74, 6) is -2.01. The average Bonchev–Trinajstić information content (AvgIpc) is 3.30. The van der Waals surface area contributed by atoms with E-state index in [0.29, 0.717) is 13.0 Å². The van der Waals surface area contributed by atoms with Crippen molar-refractivity contribution in [1.29, 1.82) is 0 Å². The second kappa shape index (κ2) is 8.81. The lowest BCUT2D eigenvalue weighted by atomic mass is 10.0. The van der Waals surface area contributed by atoms with Crippen LogP contribution in [-0.4, -0.2) is 38.1 Å². The Morgan fingerprint density at radius 3 is 2.56 bits per heavy atom. The number of rotatable bonds is 5. The van der Waals surface area contributed by atoms with E-state index in [1.54, 1.807) is 5.38 Å². The molecule has 7 nitrogen and oxygen atoms in total. The van der Waals surface area contributed by atoms with E-state index < -0.39 is 27.7 Å². The van der Waals surface area contributed by atoms with Gasteiger partial charge in [0.1, 0.15) is 15.6 Å². The number of sulfonamides is 1. The smallest absolute Gasteiger partial charge is 0.267 e. The van der Waals surface area contributed by atoms with Crippen molar-refractivity contribution in [2.24, 2.45) is 0 Å². The van der Waals surface area contributed by atoms with E-state index in [-0.39, 0.29) is 27.6 Å². The minimum absolute atomic E-state index is 0.0228. The Bertz CT molecular complexity index is 1300. The summed E-state index contributed by atoms with van der Waals surface area (Å²) in [7, 11) is -2.53. The van der Waals surface area contributed by atoms with Crippen molar-refractivity contribution in [3.8, 4) is 0 Å². The third-order valence-corrected chi connectivity index (χ3v) is 8.17. The molecule has 0 radical (unpaired) electrons. The molecule has 0 unspecified atom stereocenters. The van der Waals surface area contributed by atoms with E-state index in [1.807, 2.05) is 24.3 Å². The summed E-state index contributed by atoms with van der Waals surface area (Å²) in [4.78, 5) is 24.6. The van der Waals surface area contributed by atoms with Crippen LogP contribution in [0.5, 0.6) is 0 Å². The van der Waals surface area contributed by atoms with Crippen LogP contribution in [0.3, 0.4) is 0 Å². The second-order valence-corrected chi connectivity index (χ2v) is 10.0. The van der Waals surface area contributed by atoms with Crippen molar-refractivity contribution in [3.63, 3.8) is 0 Å². The zero-order valence-electron chi connectivity index (χ0n) is 17.1. The van der Waals surface area contributed by atoms with Gasteiger partial charge < -0.3 is 10.6 Å². The van der Waals surface area contributed by atoms with Crippen molar-refractivity contribution < 1.29 is 22.4 Å². The number of anilines is 1. The molecule has 0 bridgehead atoms. The summed E-state index contributed by atoms with van der Waals surface area (Å²) < 4.78 is 41.9. The number of fused-ring (bicyclic) bond motifs is 1. The molecule has 0 aliphatic carbocycles.